The molecule has 0 unspecified atom stereocenters. The van der Waals surface area contributed by atoms with Crippen LogP contribution in [0, 0.1) is 6.92 Å². The fourth-order valence-electron chi connectivity index (χ4n) is 2.16. The average Bonchev–Trinajstić information content (AvgIpc) is 2.76. The van der Waals surface area contributed by atoms with E-state index in [2.05, 4.69) is 21.2 Å². The molecule has 0 aliphatic rings. The standard InChI is InChI=1S/C16H11BrClNO2/c1-9-13-7-10(17)5-6-14(13)21-15(9)16(20)19-12-4-2-3-11(18)8-12/h2-8H,1H3,(H,19,20). The topological polar surface area (TPSA) is 42.2 Å². The van der Waals surface area contributed by atoms with Gasteiger partial charge in [0.25, 0.3) is 5.91 Å². The molecule has 0 saturated carbocycles. The first-order chi connectivity index (χ1) is 10.0. The molecule has 1 N–H and O–H groups in total. The highest BCUT2D eigenvalue weighted by molar-refractivity contribution is 9.10. The summed E-state index contributed by atoms with van der Waals surface area (Å²) in [7, 11) is 0. The Bertz CT molecular complexity index is 841. The van der Waals surface area contributed by atoms with Crippen LogP contribution in [0.2, 0.25) is 5.02 Å². The van der Waals surface area contributed by atoms with Crippen molar-refractivity contribution in [3.8, 4) is 0 Å². The number of amides is 1. The molecule has 0 radical (unpaired) electrons. The van der Waals surface area contributed by atoms with E-state index in [4.69, 9.17) is 16.0 Å². The third kappa shape index (κ3) is 2.82. The summed E-state index contributed by atoms with van der Waals surface area (Å²) >= 11 is 9.33. The van der Waals surface area contributed by atoms with Crippen molar-refractivity contribution in [1.29, 1.82) is 0 Å². The number of rotatable bonds is 2. The van der Waals surface area contributed by atoms with Gasteiger partial charge in [-0.2, -0.15) is 0 Å². The van der Waals surface area contributed by atoms with Crippen molar-refractivity contribution in [3.63, 3.8) is 0 Å². The van der Waals surface area contributed by atoms with Gasteiger partial charge in [0.1, 0.15) is 5.58 Å². The first-order valence-corrected chi connectivity index (χ1v) is 7.47. The molecule has 1 amide bonds. The van der Waals surface area contributed by atoms with Crippen LogP contribution in [0.5, 0.6) is 0 Å². The van der Waals surface area contributed by atoms with Gasteiger partial charge in [0.05, 0.1) is 0 Å². The maximum Gasteiger partial charge on any atom is 0.291 e. The molecular weight excluding hydrogens is 354 g/mol. The Morgan fingerprint density at radius 1 is 1.24 bits per heavy atom. The summed E-state index contributed by atoms with van der Waals surface area (Å²) in [5, 5.41) is 4.27. The van der Waals surface area contributed by atoms with Gasteiger partial charge in [0.15, 0.2) is 5.76 Å². The summed E-state index contributed by atoms with van der Waals surface area (Å²) in [5.74, 6) is 0.0187. The van der Waals surface area contributed by atoms with E-state index in [-0.39, 0.29) is 5.91 Å². The van der Waals surface area contributed by atoms with Crippen LogP contribution in [0.25, 0.3) is 11.0 Å². The summed E-state index contributed by atoms with van der Waals surface area (Å²) in [4.78, 5) is 12.3. The number of aryl methyl sites for hydroxylation is 1. The predicted octanol–water partition coefficient (Wildman–Crippen LogP) is 5.41. The van der Waals surface area contributed by atoms with Crippen molar-refractivity contribution in [2.75, 3.05) is 5.32 Å². The normalized spacial score (nSPS) is 10.8. The summed E-state index contributed by atoms with van der Waals surface area (Å²) < 4.78 is 6.60. The number of hydrogen-bond acceptors (Lipinski definition) is 2. The van der Waals surface area contributed by atoms with Gasteiger partial charge < -0.3 is 9.73 Å². The molecule has 3 aromatic rings. The SMILES string of the molecule is Cc1c(C(=O)Nc2cccc(Cl)c2)oc2ccc(Br)cc12. The molecule has 5 heteroatoms. The fourth-order valence-corrected chi connectivity index (χ4v) is 2.72. The van der Waals surface area contributed by atoms with E-state index in [0.29, 0.717) is 22.1 Å². The minimum atomic E-state index is -0.290. The van der Waals surface area contributed by atoms with Crippen molar-refractivity contribution in [2.24, 2.45) is 0 Å². The number of fused-ring (bicyclic) bond motifs is 1. The number of nitrogens with one attached hydrogen (secondary N) is 1. The van der Waals surface area contributed by atoms with Gasteiger partial charge in [-0.25, -0.2) is 0 Å². The molecule has 106 valence electrons. The molecule has 2 aromatic carbocycles. The lowest BCUT2D eigenvalue weighted by atomic mass is 10.1. The molecule has 0 saturated heterocycles. The molecule has 0 atom stereocenters. The van der Waals surface area contributed by atoms with E-state index >= 15 is 0 Å². The van der Waals surface area contributed by atoms with E-state index in [1.807, 2.05) is 25.1 Å². The lowest BCUT2D eigenvalue weighted by molar-refractivity contribution is 0.0998. The van der Waals surface area contributed by atoms with Crippen LogP contribution < -0.4 is 5.32 Å². The highest BCUT2D eigenvalue weighted by Crippen LogP contribution is 2.28. The summed E-state index contributed by atoms with van der Waals surface area (Å²) in [6, 6.07) is 12.6. The minimum Gasteiger partial charge on any atom is -0.451 e. The first kappa shape index (κ1) is 14.2. The number of hydrogen-bond donors (Lipinski definition) is 1. The molecule has 0 bridgehead atoms. The van der Waals surface area contributed by atoms with Crippen molar-refractivity contribution >= 4 is 50.1 Å². The second-order valence-corrected chi connectivity index (χ2v) is 6.01. The molecule has 0 spiro atoms. The third-order valence-corrected chi connectivity index (χ3v) is 3.92. The van der Waals surface area contributed by atoms with E-state index in [1.165, 1.54) is 0 Å². The maximum absolute atomic E-state index is 12.3. The number of halogens is 2. The van der Waals surface area contributed by atoms with Gasteiger partial charge in [0, 0.05) is 26.1 Å². The molecule has 0 aliphatic heterocycles. The monoisotopic (exact) mass is 363 g/mol. The Hall–Kier alpha value is -1.78. The van der Waals surface area contributed by atoms with Crippen molar-refractivity contribution < 1.29 is 9.21 Å². The number of benzene rings is 2. The van der Waals surface area contributed by atoms with E-state index in [9.17, 15) is 4.79 Å². The zero-order valence-corrected chi connectivity index (χ0v) is 13.5. The van der Waals surface area contributed by atoms with Crippen LogP contribution in [-0.2, 0) is 0 Å². The second kappa shape index (κ2) is 5.54. The van der Waals surface area contributed by atoms with Crippen molar-refractivity contribution in [2.45, 2.75) is 6.92 Å². The van der Waals surface area contributed by atoms with Crippen LogP contribution in [-0.4, -0.2) is 5.91 Å². The molecule has 0 aliphatic carbocycles. The Labute approximate surface area is 135 Å². The third-order valence-electron chi connectivity index (χ3n) is 3.19. The lowest BCUT2D eigenvalue weighted by Crippen LogP contribution is -2.11. The second-order valence-electron chi connectivity index (χ2n) is 4.66. The zero-order chi connectivity index (χ0) is 15.0. The van der Waals surface area contributed by atoms with Crippen molar-refractivity contribution in [1.82, 2.24) is 0 Å². The Morgan fingerprint density at radius 3 is 2.81 bits per heavy atom. The molecule has 3 nitrogen and oxygen atoms in total. The number of furan rings is 1. The van der Waals surface area contributed by atoms with Crippen LogP contribution >= 0.6 is 27.5 Å². The molecule has 1 heterocycles. The Kier molecular flexibility index (Phi) is 3.74. The molecule has 0 fully saturated rings. The zero-order valence-electron chi connectivity index (χ0n) is 11.1. The smallest absolute Gasteiger partial charge is 0.291 e. The molecule has 21 heavy (non-hydrogen) atoms. The predicted molar refractivity (Wildman–Crippen MR) is 88.1 cm³/mol. The van der Waals surface area contributed by atoms with Crippen LogP contribution in [0.4, 0.5) is 5.69 Å². The van der Waals surface area contributed by atoms with Gasteiger partial charge in [-0.1, -0.05) is 33.6 Å². The van der Waals surface area contributed by atoms with Gasteiger partial charge in [-0.05, 0) is 43.3 Å². The quantitative estimate of drug-likeness (QED) is 0.660. The minimum absolute atomic E-state index is 0.290. The van der Waals surface area contributed by atoms with Crippen molar-refractivity contribution in [3.05, 3.63) is 63.3 Å². The van der Waals surface area contributed by atoms with Crippen LogP contribution in [0.3, 0.4) is 0 Å². The van der Waals surface area contributed by atoms with Crippen LogP contribution in [0.15, 0.2) is 51.4 Å². The number of carbonyl (C=O) groups is 1. The van der Waals surface area contributed by atoms with Crippen LogP contribution in [0.1, 0.15) is 16.1 Å². The highest BCUT2D eigenvalue weighted by atomic mass is 79.9. The first-order valence-electron chi connectivity index (χ1n) is 6.30. The maximum atomic E-state index is 12.3. The fraction of sp³-hybridized carbons (Fsp3) is 0.0625. The summed E-state index contributed by atoms with van der Waals surface area (Å²) in [5.41, 5.74) is 2.13. The summed E-state index contributed by atoms with van der Waals surface area (Å²) in [6.45, 7) is 1.87. The number of carbonyl (C=O) groups excluding carboxylic acids is 1. The average molecular weight is 365 g/mol. The van der Waals surface area contributed by atoms with Gasteiger partial charge >= 0.3 is 0 Å². The van der Waals surface area contributed by atoms with Gasteiger partial charge in [0.2, 0.25) is 0 Å². The van der Waals surface area contributed by atoms with Gasteiger partial charge in [-0.15, -0.1) is 0 Å². The Balaban J connectivity index is 1.96. The molecule has 3 rings (SSSR count). The highest BCUT2D eigenvalue weighted by Gasteiger charge is 2.18. The van der Waals surface area contributed by atoms with E-state index in [1.54, 1.807) is 24.3 Å². The van der Waals surface area contributed by atoms with E-state index in [0.717, 1.165) is 15.4 Å². The molecular formula is C16H11BrClNO2. The summed E-state index contributed by atoms with van der Waals surface area (Å²) in [6.07, 6.45) is 0. The van der Waals surface area contributed by atoms with Gasteiger partial charge in [-0.3, -0.25) is 4.79 Å². The number of anilines is 1. The Morgan fingerprint density at radius 2 is 2.05 bits per heavy atom. The van der Waals surface area contributed by atoms with E-state index < -0.39 is 0 Å². The molecule has 1 aromatic heterocycles. The lowest BCUT2D eigenvalue weighted by Gasteiger charge is -2.03. The largest absolute Gasteiger partial charge is 0.451 e.